The Hall–Kier alpha value is -1.70. The second-order valence-corrected chi connectivity index (χ2v) is 5.07. The highest BCUT2D eigenvalue weighted by Crippen LogP contribution is 2.25. The number of hydrogen-bond donors (Lipinski definition) is 2. The van der Waals surface area contributed by atoms with Gasteiger partial charge in [-0.2, -0.15) is 15.2 Å². The van der Waals surface area contributed by atoms with Crippen LogP contribution in [0.2, 0.25) is 10.0 Å². The van der Waals surface area contributed by atoms with E-state index in [2.05, 4.69) is 15.6 Å². The maximum Gasteiger partial charge on any atom is 0.303 e. The van der Waals surface area contributed by atoms with Gasteiger partial charge in [-0.1, -0.05) is 23.2 Å². The fourth-order valence-electron chi connectivity index (χ4n) is 1.46. The first-order chi connectivity index (χ1) is 9.40. The minimum Gasteiger partial charge on any atom is -0.374 e. The summed E-state index contributed by atoms with van der Waals surface area (Å²) in [5.41, 5.74) is 9.21. The SMILES string of the molecule is CC1=NN(C(N)=S)C(=O)/C1=N/Nc1ccc(Cl)c(Cl)c1. The third-order valence-electron chi connectivity index (χ3n) is 2.41. The van der Waals surface area contributed by atoms with Gasteiger partial charge in [0.1, 0.15) is 0 Å². The molecule has 1 aromatic rings. The largest absolute Gasteiger partial charge is 0.374 e. The molecular formula is C11H9Cl2N5OS. The van der Waals surface area contributed by atoms with E-state index < -0.39 is 5.91 Å². The normalized spacial score (nSPS) is 16.6. The number of nitrogens with zero attached hydrogens (tertiary/aromatic N) is 3. The third kappa shape index (κ3) is 2.90. The number of hydrazone groups is 2. The van der Waals surface area contributed by atoms with Gasteiger partial charge in [-0.15, -0.1) is 0 Å². The lowest BCUT2D eigenvalue weighted by Crippen LogP contribution is -2.36. The molecular weight excluding hydrogens is 321 g/mol. The highest BCUT2D eigenvalue weighted by Gasteiger charge is 2.31. The van der Waals surface area contributed by atoms with Gasteiger partial charge in [0, 0.05) is 0 Å². The van der Waals surface area contributed by atoms with Crippen LogP contribution in [0.5, 0.6) is 0 Å². The van der Waals surface area contributed by atoms with Crippen molar-refractivity contribution in [1.82, 2.24) is 5.01 Å². The average Bonchev–Trinajstić information content (AvgIpc) is 2.67. The molecule has 20 heavy (non-hydrogen) atoms. The molecule has 0 saturated heterocycles. The topological polar surface area (TPSA) is 83.1 Å². The van der Waals surface area contributed by atoms with E-state index in [4.69, 9.17) is 41.2 Å². The molecule has 0 aromatic heterocycles. The minimum atomic E-state index is -0.484. The first-order valence-corrected chi connectivity index (χ1v) is 6.55. The number of amides is 1. The summed E-state index contributed by atoms with van der Waals surface area (Å²) in [6.07, 6.45) is 0. The Labute approximate surface area is 130 Å². The fourth-order valence-corrected chi connectivity index (χ4v) is 1.88. The molecule has 1 amide bonds. The molecule has 3 N–H and O–H groups in total. The Morgan fingerprint density at radius 1 is 1.45 bits per heavy atom. The van der Waals surface area contributed by atoms with E-state index in [1.54, 1.807) is 25.1 Å². The van der Waals surface area contributed by atoms with Gasteiger partial charge in [-0.25, -0.2) is 0 Å². The molecule has 0 bridgehead atoms. The van der Waals surface area contributed by atoms with Crippen molar-refractivity contribution in [2.24, 2.45) is 15.9 Å². The summed E-state index contributed by atoms with van der Waals surface area (Å²) in [4.78, 5) is 11.9. The lowest BCUT2D eigenvalue weighted by molar-refractivity contribution is -0.119. The Morgan fingerprint density at radius 2 is 2.15 bits per heavy atom. The van der Waals surface area contributed by atoms with Crippen molar-refractivity contribution >= 4 is 63.6 Å². The van der Waals surface area contributed by atoms with E-state index in [9.17, 15) is 4.79 Å². The van der Waals surface area contributed by atoms with E-state index in [0.29, 0.717) is 21.4 Å². The second kappa shape index (κ2) is 5.74. The van der Waals surface area contributed by atoms with Gasteiger partial charge in [0.05, 0.1) is 21.4 Å². The number of thiocarbonyl (C=S) groups is 1. The van der Waals surface area contributed by atoms with E-state index >= 15 is 0 Å². The van der Waals surface area contributed by atoms with Crippen LogP contribution in [0.25, 0.3) is 0 Å². The molecule has 1 aliphatic rings. The molecule has 6 nitrogen and oxygen atoms in total. The van der Waals surface area contributed by atoms with E-state index in [0.717, 1.165) is 5.01 Å². The highest BCUT2D eigenvalue weighted by atomic mass is 35.5. The van der Waals surface area contributed by atoms with E-state index in [1.807, 2.05) is 0 Å². The zero-order valence-corrected chi connectivity index (χ0v) is 12.6. The molecule has 2 rings (SSSR count). The summed E-state index contributed by atoms with van der Waals surface area (Å²) in [5.74, 6) is -0.484. The van der Waals surface area contributed by atoms with Crippen LogP contribution in [0.1, 0.15) is 6.92 Å². The van der Waals surface area contributed by atoms with Gasteiger partial charge in [0.2, 0.25) is 0 Å². The van der Waals surface area contributed by atoms with Gasteiger partial charge in [0.25, 0.3) is 0 Å². The van der Waals surface area contributed by atoms with Crippen molar-refractivity contribution < 1.29 is 4.79 Å². The first-order valence-electron chi connectivity index (χ1n) is 5.38. The Bertz CT molecular complexity index is 658. The highest BCUT2D eigenvalue weighted by molar-refractivity contribution is 7.80. The molecule has 0 fully saturated rings. The second-order valence-electron chi connectivity index (χ2n) is 3.84. The first kappa shape index (κ1) is 14.7. The van der Waals surface area contributed by atoms with Crippen molar-refractivity contribution in [2.75, 3.05) is 5.43 Å². The van der Waals surface area contributed by atoms with Crippen LogP contribution < -0.4 is 11.2 Å². The van der Waals surface area contributed by atoms with Crippen LogP contribution in [-0.4, -0.2) is 27.5 Å². The van der Waals surface area contributed by atoms with Crippen LogP contribution in [-0.2, 0) is 4.79 Å². The van der Waals surface area contributed by atoms with Crippen molar-refractivity contribution in [3.8, 4) is 0 Å². The summed E-state index contributed by atoms with van der Waals surface area (Å²) in [6.45, 7) is 1.63. The number of anilines is 1. The molecule has 1 aliphatic heterocycles. The lowest BCUT2D eigenvalue weighted by Gasteiger charge is -2.07. The Morgan fingerprint density at radius 3 is 2.70 bits per heavy atom. The quantitative estimate of drug-likeness (QED) is 0.643. The average molecular weight is 330 g/mol. The molecule has 0 saturated carbocycles. The van der Waals surface area contributed by atoms with Gasteiger partial charge >= 0.3 is 5.91 Å². The fraction of sp³-hybridized carbons (Fsp3) is 0.0909. The number of halogens is 2. The molecule has 0 aliphatic carbocycles. The van der Waals surface area contributed by atoms with Gasteiger partial charge in [0.15, 0.2) is 10.8 Å². The van der Waals surface area contributed by atoms with Crippen molar-refractivity contribution in [3.05, 3.63) is 28.2 Å². The summed E-state index contributed by atoms with van der Waals surface area (Å²) in [5, 5.41) is 9.49. The van der Waals surface area contributed by atoms with Crippen LogP contribution in [0.3, 0.4) is 0 Å². The standard InChI is InChI=1S/C11H9Cl2N5OS/c1-5-9(10(19)18(17-5)11(14)20)16-15-6-2-3-7(12)8(13)4-6/h2-4,15H,1H3,(H2,14,20)/b16-9+. The Balaban J connectivity index is 2.20. The predicted molar refractivity (Wildman–Crippen MR) is 84.3 cm³/mol. The zero-order valence-electron chi connectivity index (χ0n) is 10.2. The molecule has 0 atom stereocenters. The third-order valence-corrected chi connectivity index (χ3v) is 3.32. The predicted octanol–water partition coefficient (Wildman–Crippen LogP) is 2.22. The van der Waals surface area contributed by atoms with Gasteiger partial charge in [-0.3, -0.25) is 10.2 Å². The van der Waals surface area contributed by atoms with Gasteiger partial charge in [-0.05, 0) is 37.3 Å². The summed E-state index contributed by atoms with van der Waals surface area (Å²) < 4.78 is 0. The molecule has 1 heterocycles. The summed E-state index contributed by atoms with van der Waals surface area (Å²) in [6, 6.07) is 4.88. The molecule has 1 aromatic carbocycles. The number of carbonyl (C=O) groups excluding carboxylic acids is 1. The minimum absolute atomic E-state index is 0.129. The van der Waals surface area contributed by atoms with Gasteiger partial charge < -0.3 is 5.73 Å². The number of benzene rings is 1. The number of nitrogens with one attached hydrogen (secondary N) is 1. The zero-order chi connectivity index (χ0) is 14.9. The monoisotopic (exact) mass is 329 g/mol. The van der Waals surface area contributed by atoms with Crippen LogP contribution in [0.4, 0.5) is 5.69 Å². The molecule has 0 spiro atoms. The molecule has 104 valence electrons. The van der Waals surface area contributed by atoms with E-state index in [-0.39, 0.29) is 10.8 Å². The van der Waals surface area contributed by atoms with Crippen LogP contribution >= 0.6 is 35.4 Å². The molecule has 0 radical (unpaired) electrons. The van der Waals surface area contributed by atoms with Crippen molar-refractivity contribution in [1.29, 1.82) is 0 Å². The maximum atomic E-state index is 11.9. The number of rotatable bonds is 2. The Kier molecular flexibility index (Phi) is 4.22. The number of nitrogens with two attached hydrogens (primary N) is 1. The number of carbonyl (C=O) groups is 1. The smallest absolute Gasteiger partial charge is 0.303 e. The lowest BCUT2D eigenvalue weighted by atomic mass is 10.2. The van der Waals surface area contributed by atoms with E-state index in [1.165, 1.54) is 0 Å². The summed E-state index contributed by atoms with van der Waals surface area (Å²) >= 11 is 16.4. The van der Waals surface area contributed by atoms with Crippen molar-refractivity contribution in [3.63, 3.8) is 0 Å². The van der Waals surface area contributed by atoms with Crippen molar-refractivity contribution in [2.45, 2.75) is 6.92 Å². The van der Waals surface area contributed by atoms with Crippen LogP contribution in [0, 0.1) is 0 Å². The molecule has 9 heteroatoms. The summed E-state index contributed by atoms with van der Waals surface area (Å²) in [7, 11) is 0. The molecule has 0 unspecified atom stereocenters. The number of hydrogen-bond acceptors (Lipinski definition) is 5. The van der Waals surface area contributed by atoms with Crippen LogP contribution in [0.15, 0.2) is 28.4 Å². The maximum absolute atomic E-state index is 11.9.